The minimum Gasteiger partial charge on any atom is -0.354 e. The Bertz CT molecular complexity index is 1330. The highest BCUT2D eigenvalue weighted by atomic mass is 35.5. The number of anilines is 1. The first-order chi connectivity index (χ1) is 18.1. The van der Waals surface area contributed by atoms with Gasteiger partial charge in [-0.1, -0.05) is 78.7 Å². The van der Waals surface area contributed by atoms with Gasteiger partial charge in [0.15, 0.2) is 0 Å². The topological polar surface area (TPSA) is 86.8 Å². The maximum absolute atomic E-state index is 14.0. The number of nitrogens with one attached hydrogen (secondary N) is 1. The van der Waals surface area contributed by atoms with Crippen LogP contribution in [-0.2, 0) is 32.6 Å². The number of benzene rings is 3. The lowest BCUT2D eigenvalue weighted by atomic mass is 10.0. The van der Waals surface area contributed by atoms with Gasteiger partial charge in [0.25, 0.3) is 0 Å². The summed E-state index contributed by atoms with van der Waals surface area (Å²) >= 11 is 6.00. The fourth-order valence-electron chi connectivity index (χ4n) is 4.15. The predicted octanol–water partition coefficient (Wildman–Crippen LogP) is 4.58. The quantitative estimate of drug-likeness (QED) is 0.354. The van der Waals surface area contributed by atoms with Gasteiger partial charge in [-0.05, 0) is 48.7 Å². The molecule has 0 radical (unpaired) electrons. The molecule has 0 spiro atoms. The number of aryl methyl sites for hydroxylation is 1. The van der Waals surface area contributed by atoms with E-state index in [0.29, 0.717) is 17.3 Å². The van der Waals surface area contributed by atoms with E-state index in [1.54, 1.807) is 24.3 Å². The summed E-state index contributed by atoms with van der Waals surface area (Å²) < 4.78 is 26.6. The van der Waals surface area contributed by atoms with E-state index in [1.807, 2.05) is 68.4 Å². The van der Waals surface area contributed by atoms with Gasteiger partial charge in [0.1, 0.15) is 12.6 Å². The SMILES string of the molecule is CCCNC(=O)C(Cc1ccccc1)N(Cc1cccc(C)c1)C(=O)CN(c1ccc(Cl)cc1)S(C)(=O)=O. The van der Waals surface area contributed by atoms with Gasteiger partial charge in [-0.3, -0.25) is 13.9 Å². The highest BCUT2D eigenvalue weighted by Crippen LogP contribution is 2.22. The first-order valence-electron chi connectivity index (χ1n) is 12.5. The number of nitrogens with zero attached hydrogens (tertiary/aromatic N) is 2. The molecular formula is C29H34ClN3O4S. The van der Waals surface area contributed by atoms with Gasteiger partial charge < -0.3 is 10.2 Å². The van der Waals surface area contributed by atoms with Gasteiger partial charge in [-0.15, -0.1) is 0 Å². The van der Waals surface area contributed by atoms with E-state index in [4.69, 9.17) is 11.6 Å². The molecule has 2 amide bonds. The van der Waals surface area contributed by atoms with Crippen molar-refractivity contribution in [2.45, 2.75) is 39.3 Å². The van der Waals surface area contributed by atoms with Crippen molar-refractivity contribution < 1.29 is 18.0 Å². The molecule has 0 fully saturated rings. The number of hydrogen-bond donors (Lipinski definition) is 1. The van der Waals surface area contributed by atoms with Crippen LogP contribution in [0.5, 0.6) is 0 Å². The fraction of sp³-hybridized carbons (Fsp3) is 0.310. The van der Waals surface area contributed by atoms with Crippen LogP contribution in [0.1, 0.15) is 30.0 Å². The standard InChI is InChI=1S/C29H34ClN3O4S/c1-4-17-31-29(35)27(19-23-10-6-5-7-11-23)32(20-24-12-8-9-22(2)18-24)28(34)21-33(38(3,36)37)26-15-13-25(30)14-16-26/h5-16,18,27H,4,17,19-21H2,1-3H3,(H,31,35). The first-order valence-corrected chi connectivity index (χ1v) is 14.7. The molecule has 1 unspecified atom stereocenters. The minimum atomic E-state index is -3.82. The maximum atomic E-state index is 14.0. The molecule has 0 aromatic heterocycles. The molecule has 202 valence electrons. The van der Waals surface area contributed by atoms with Crippen LogP contribution in [-0.4, -0.2) is 50.5 Å². The third-order valence-electron chi connectivity index (χ3n) is 6.05. The van der Waals surface area contributed by atoms with E-state index in [0.717, 1.165) is 33.7 Å². The normalized spacial score (nSPS) is 12.0. The zero-order chi connectivity index (χ0) is 27.7. The summed E-state index contributed by atoms with van der Waals surface area (Å²) in [5, 5.41) is 3.38. The number of carbonyl (C=O) groups is 2. The fourth-order valence-corrected chi connectivity index (χ4v) is 5.12. The van der Waals surface area contributed by atoms with Crippen molar-refractivity contribution in [3.05, 3.63) is 101 Å². The van der Waals surface area contributed by atoms with Crippen LogP contribution >= 0.6 is 11.6 Å². The number of sulfonamides is 1. The Morgan fingerprint density at radius 1 is 0.947 bits per heavy atom. The first kappa shape index (κ1) is 29.2. The van der Waals surface area contributed by atoms with Gasteiger partial charge in [0, 0.05) is 24.5 Å². The Hall–Kier alpha value is -3.36. The zero-order valence-corrected chi connectivity index (χ0v) is 23.5. The van der Waals surface area contributed by atoms with E-state index in [-0.39, 0.29) is 18.9 Å². The smallest absolute Gasteiger partial charge is 0.244 e. The second kappa shape index (κ2) is 13.4. The average Bonchev–Trinajstić information content (AvgIpc) is 2.88. The van der Waals surface area contributed by atoms with Crippen molar-refractivity contribution in [1.82, 2.24) is 10.2 Å². The second-order valence-corrected chi connectivity index (χ2v) is 11.6. The lowest BCUT2D eigenvalue weighted by Crippen LogP contribution is -2.53. The second-order valence-electron chi connectivity index (χ2n) is 9.25. The molecule has 0 bridgehead atoms. The van der Waals surface area contributed by atoms with Crippen molar-refractivity contribution in [3.63, 3.8) is 0 Å². The molecule has 1 atom stereocenters. The minimum absolute atomic E-state index is 0.149. The lowest BCUT2D eigenvalue weighted by molar-refractivity contribution is -0.140. The van der Waals surface area contributed by atoms with E-state index in [9.17, 15) is 18.0 Å². The van der Waals surface area contributed by atoms with Gasteiger partial charge in [-0.2, -0.15) is 0 Å². The van der Waals surface area contributed by atoms with Gasteiger partial charge in [0.2, 0.25) is 21.8 Å². The average molecular weight is 556 g/mol. The summed E-state index contributed by atoms with van der Waals surface area (Å²) in [5.41, 5.74) is 3.07. The number of rotatable bonds is 12. The van der Waals surface area contributed by atoms with Gasteiger partial charge in [0.05, 0.1) is 11.9 Å². The number of hydrogen-bond acceptors (Lipinski definition) is 4. The Kier molecular flexibility index (Phi) is 10.3. The summed E-state index contributed by atoms with van der Waals surface area (Å²) in [6, 6.07) is 22.6. The van der Waals surface area contributed by atoms with Crippen molar-refractivity contribution in [3.8, 4) is 0 Å². The van der Waals surface area contributed by atoms with E-state index >= 15 is 0 Å². The molecule has 3 aromatic rings. The largest absolute Gasteiger partial charge is 0.354 e. The van der Waals surface area contributed by atoms with E-state index < -0.39 is 28.5 Å². The van der Waals surface area contributed by atoms with E-state index in [1.165, 1.54) is 4.90 Å². The Labute approximate surface area is 230 Å². The van der Waals surface area contributed by atoms with Crippen LogP contribution < -0.4 is 9.62 Å². The van der Waals surface area contributed by atoms with Crippen LogP contribution in [0, 0.1) is 6.92 Å². The molecule has 0 saturated heterocycles. The molecule has 1 N–H and O–H groups in total. The summed E-state index contributed by atoms with van der Waals surface area (Å²) in [6.45, 7) is 4.07. The molecule has 0 aliphatic carbocycles. The highest BCUT2D eigenvalue weighted by molar-refractivity contribution is 7.92. The summed E-state index contributed by atoms with van der Waals surface area (Å²) in [5.74, 6) is -0.770. The molecular weight excluding hydrogens is 522 g/mol. The Morgan fingerprint density at radius 2 is 1.61 bits per heavy atom. The number of amides is 2. The van der Waals surface area contributed by atoms with Crippen molar-refractivity contribution in [2.24, 2.45) is 0 Å². The molecule has 0 saturated carbocycles. The lowest BCUT2D eigenvalue weighted by Gasteiger charge is -2.33. The summed E-state index contributed by atoms with van der Waals surface area (Å²) in [4.78, 5) is 28.9. The molecule has 38 heavy (non-hydrogen) atoms. The molecule has 0 aliphatic heterocycles. The van der Waals surface area contributed by atoms with Crippen LogP contribution in [0.4, 0.5) is 5.69 Å². The number of carbonyl (C=O) groups excluding carboxylic acids is 2. The molecule has 7 nitrogen and oxygen atoms in total. The monoisotopic (exact) mass is 555 g/mol. The molecule has 0 aliphatic rings. The summed E-state index contributed by atoms with van der Waals surface area (Å²) in [7, 11) is -3.82. The van der Waals surface area contributed by atoms with Crippen LogP contribution in [0.2, 0.25) is 5.02 Å². The molecule has 0 heterocycles. The Morgan fingerprint density at radius 3 is 2.21 bits per heavy atom. The maximum Gasteiger partial charge on any atom is 0.244 e. The van der Waals surface area contributed by atoms with Gasteiger partial charge >= 0.3 is 0 Å². The van der Waals surface area contributed by atoms with E-state index in [2.05, 4.69) is 5.32 Å². The molecule has 3 rings (SSSR count). The third kappa shape index (κ3) is 8.33. The van der Waals surface area contributed by atoms with Crippen molar-refractivity contribution in [2.75, 3.05) is 23.7 Å². The summed E-state index contributed by atoms with van der Waals surface area (Å²) in [6.07, 6.45) is 2.08. The van der Waals surface area contributed by atoms with Gasteiger partial charge in [-0.25, -0.2) is 8.42 Å². The molecule has 9 heteroatoms. The van der Waals surface area contributed by atoms with Crippen LogP contribution in [0.3, 0.4) is 0 Å². The van der Waals surface area contributed by atoms with Crippen molar-refractivity contribution in [1.29, 1.82) is 0 Å². The molecule has 3 aromatic carbocycles. The predicted molar refractivity (Wildman–Crippen MR) is 153 cm³/mol. The Balaban J connectivity index is 2.03. The zero-order valence-electron chi connectivity index (χ0n) is 21.9. The third-order valence-corrected chi connectivity index (χ3v) is 7.44. The van der Waals surface area contributed by atoms with Crippen LogP contribution in [0.15, 0.2) is 78.9 Å². The number of halogens is 1. The highest BCUT2D eigenvalue weighted by Gasteiger charge is 2.32. The van der Waals surface area contributed by atoms with Crippen LogP contribution in [0.25, 0.3) is 0 Å². The van der Waals surface area contributed by atoms with Crippen molar-refractivity contribution >= 4 is 39.1 Å².